The molecule has 2 unspecified atom stereocenters. The molecule has 4 heteroatoms. The summed E-state index contributed by atoms with van der Waals surface area (Å²) in [6, 6.07) is 7.14. The third-order valence-corrected chi connectivity index (χ3v) is 2.50. The summed E-state index contributed by atoms with van der Waals surface area (Å²) in [6.45, 7) is 2.40. The molecule has 1 aliphatic rings. The zero-order valence-corrected chi connectivity index (χ0v) is 9.26. The first-order chi connectivity index (χ1) is 7.66. The normalized spacial score (nSPS) is 21.4. The first-order valence-corrected chi connectivity index (χ1v) is 5.39. The number of nitrogens with zero attached hydrogens (tertiary/aromatic N) is 1. The maximum Gasteiger partial charge on any atom is 0.185 e. The number of aromatic hydroxyl groups is 1. The van der Waals surface area contributed by atoms with Gasteiger partial charge in [0.2, 0.25) is 0 Å². The Hall–Kier alpha value is -1.55. The van der Waals surface area contributed by atoms with Crippen molar-refractivity contribution in [2.75, 3.05) is 6.61 Å². The van der Waals surface area contributed by atoms with Crippen LogP contribution in [0.4, 0.5) is 0 Å². The first-order valence-electron chi connectivity index (χ1n) is 5.39. The molecule has 1 aliphatic heterocycles. The summed E-state index contributed by atoms with van der Waals surface area (Å²) in [7, 11) is 0. The minimum Gasteiger partial charge on any atom is -0.508 e. The second-order valence-corrected chi connectivity index (χ2v) is 4.09. The molecule has 0 fully saturated rings. The Kier molecular flexibility index (Phi) is 3.10. The second-order valence-electron chi connectivity index (χ2n) is 4.09. The zero-order valence-electron chi connectivity index (χ0n) is 9.26. The Balaban J connectivity index is 2.13. The number of benzene rings is 1. The smallest absolute Gasteiger partial charge is 0.185 e. The molecule has 0 aromatic heterocycles. The van der Waals surface area contributed by atoms with Crippen LogP contribution in [0, 0.1) is 0 Å². The average molecular weight is 220 g/mol. The summed E-state index contributed by atoms with van der Waals surface area (Å²) in [5, 5.41) is 9.69. The quantitative estimate of drug-likeness (QED) is 0.813. The molecule has 16 heavy (non-hydrogen) atoms. The number of phenols is 1. The van der Waals surface area contributed by atoms with E-state index in [0.717, 1.165) is 5.56 Å². The predicted octanol–water partition coefficient (Wildman–Crippen LogP) is 1.60. The number of ether oxygens (including phenoxy) is 1. The van der Waals surface area contributed by atoms with Crippen molar-refractivity contribution >= 4 is 5.90 Å². The van der Waals surface area contributed by atoms with E-state index in [1.165, 1.54) is 0 Å². The zero-order chi connectivity index (χ0) is 11.5. The topological polar surface area (TPSA) is 67.8 Å². The van der Waals surface area contributed by atoms with Crippen LogP contribution < -0.4 is 5.73 Å². The average Bonchev–Trinajstić information content (AvgIpc) is 2.66. The molecule has 0 saturated carbocycles. The first kappa shape index (κ1) is 11.0. The molecule has 1 aromatic rings. The van der Waals surface area contributed by atoms with Gasteiger partial charge in [-0.2, -0.15) is 0 Å². The number of para-hydroxylation sites is 1. The molecular formula is C12H16N2O2. The lowest BCUT2D eigenvalue weighted by molar-refractivity contribution is 0.307. The third-order valence-electron chi connectivity index (χ3n) is 2.50. The Bertz CT molecular complexity index is 402. The summed E-state index contributed by atoms with van der Waals surface area (Å²) in [5.41, 5.74) is 6.48. The van der Waals surface area contributed by atoms with E-state index in [1.807, 2.05) is 19.1 Å². The van der Waals surface area contributed by atoms with Gasteiger partial charge in [-0.15, -0.1) is 0 Å². The number of aliphatic imine (C=N–C) groups is 1. The van der Waals surface area contributed by atoms with Crippen LogP contribution in [0.2, 0.25) is 0 Å². The van der Waals surface area contributed by atoms with Gasteiger partial charge in [-0.25, -0.2) is 4.99 Å². The number of hydrogen-bond acceptors (Lipinski definition) is 4. The van der Waals surface area contributed by atoms with Crippen LogP contribution in [0.15, 0.2) is 29.3 Å². The highest BCUT2D eigenvalue weighted by Gasteiger charge is 2.22. The lowest BCUT2D eigenvalue weighted by Crippen LogP contribution is -2.19. The minimum absolute atomic E-state index is 0.0434. The molecule has 0 radical (unpaired) electrons. The van der Waals surface area contributed by atoms with E-state index in [4.69, 9.17) is 10.5 Å². The Morgan fingerprint density at radius 3 is 3.00 bits per heavy atom. The van der Waals surface area contributed by atoms with E-state index >= 15 is 0 Å². The van der Waals surface area contributed by atoms with E-state index in [9.17, 15) is 5.11 Å². The minimum atomic E-state index is -0.102. The lowest BCUT2D eigenvalue weighted by atomic mass is 10.1. The van der Waals surface area contributed by atoms with Crippen LogP contribution in [0.5, 0.6) is 5.75 Å². The number of phenolic OH excluding ortho intramolecular Hbond substituents is 1. The summed E-state index contributed by atoms with van der Waals surface area (Å²) in [4.78, 5) is 4.41. The van der Waals surface area contributed by atoms with Crippen molar-refractivity contribution in [3.8, 4) is 5.75 Å². The number of nitrogens with two attached hydrogens (primary N) is 1. The molecule has 3 N–H and O–H groups in total. The summed E-state index contributed by atoms with van der Waals surface area (Å²) >= 11 is 0. The summed E-state index contributed by atoms with van der Waals surface area (Å²) in [6.07, 6.45) is 0.643. The second kappa shape index (κ2) is 4.53. The van der Waals surface area contributed by atoms with Crippen LogP contribution >= 0.6 is 0 Å². The van der Waals surface area contributed by atoms with Crippen molar-refractivity contribution in [2.45, 2.75) is 25.4 Å². The van der Waals surface area contributed by atoms with Crippen molar-refractivity contribution in [3.05, 3.63) is 29.8 Å². The van der Waals surface area contributed by atoms with Gasteiger partial charge in [-0.1, -0.05) is 18.2 Å². The Morgan fingerprint density at radius 2 is 2.31 bits per heavy atom. The molecule has 0 bridgehead atoms. The molecule has 0 spiro atoms. The van der Waals surface area contributed by atoms with E-state index in [-0.39, 0.29) is 17.8 Å². The highest BCUT2D eigenvalue weighted by molar-refractivity contribution is 5.78. The van der Waals surface area contributed by atoms with Gasteiger partial charge in [0.1, 0.15) is 18.4 Å². The van der Waals surface area contributed by atoms with E-state index in [0.29, 0.717) is 18.9 Å². The van der Waals surface area contributed by atoms with Gasteiger partial charge < -0.3 is 15.6 Å². The number of rotatable bonds is 3. The summed E-state index contributed by atoms with van der Waals surface area (Å²) < 4.78 is 5.44. The van der Waals surface area contributed by atoms with Gasteiger partial charge in [-0.05, 0) is 13.0 Å². The van der Waals surface area contributed by atoms with Crippen molar-refractivity contribution in [2.24, 2.45) is 10.7 Å². The van der Waals surface area contributed by atoms with E-state index in [2.05, 4.69) is 4.99 Å². The van der Waals surface area contributed by atoms with Crippen LogP contribution in [0.1, 0.15) is 24.9 Å². The molecule has 1 heterocycles. The van der Waals surface area contributed by atoms with Crippen LogP contribution in [-0.4, -0.2) is 23.7 Å². The maximum atomic E-state index is 9.69. The molecule has 0 saturated heterocycles. The van der Waals surface area contributed by atoms with E-state index in [1.54, 1.807) is 12.1 Å². The molecule has 0 amide bonds. The maximum absolute atomic E-state index is 9.69. The lowest BCUT2D eigenvalue weighted by Gasteiger charge is -2.06. The van der Waals surface area contributed by atoms with Crippen LogP contribution in [0.3, 0.4) is 0 Å². The van der Waals surface area contributed by atoms with Gasteiger partial charge in [0, 0.05) is 18.0 Å². The largest absolute Gasteiger partial charge is 0.508 e. The molecule has 0 aliphatic carbocycles. The fourth-order valence-corrected chi connectivity index (χ4v) is 1.74. The Labute approximate surface area is 94.8 Å². The van der Waals surface area contributed by atoms with Gasteiger partial charge in [0.05, 0.1) is 0 Å². The van der Waals surface area contributed by atoms with E-state index < -0.39 is 0 Å². The molecule has 4 nitrogen and oxygen atoms in total. The van der Waals surface area contributed by atoms with Gasteiger partial charge in [0.25, 0.3) is 0 Å². The third kappa shape index (κ3) is 2.33. The van der Waals surface area contributed by atoms with Crippen molar-refractivity contribution < 1.29 is 9.84 Å². The monoisotopic (exact) mass is 220 g/mol. The number of hydrogen-bond donors (Lipinski definition) is 2. The summed E-state index contributed by atoms with van der Waals surface area (Å²) in [5.74, 6) is 0.949. The standard InChI is InChI=1S/C12H16N2O2/c1-8(13)6-12-14-10(7-16-12)9-4-2-3-5-11(9)15/h2-5,8,10,15H,6-7,13H2,1H3. The predicted molar refractivity (Wildman–Crippen MR) is 62.5 cm³/mol. The SMILES string of the molecule is CC(N)CC1=NC(c2ccccc2O)CO1. The molecule has 86 valence electrons. The molecule has 2 atom stereocenters. The highest BCUT2D eigenvalue weighted by Crippen LogP contribution is 2.30. The Morgan fingerprint density at radius 1 is 1.56 bits per heavy atom. The molecule has 1 aromatic carbocycles. The van der Waals surface area contributed by atoms with Gasteiger partial charge >= 0.3 is 0 Å². The van der Waals surface area contributed by atoms with Crippen molar-refractivity contribution in [1.29, 1.82) is 0 Å². The highest BCUT2D eigenvalue weighted by atomic mass is 16.5. The van der Waals surface area contributed by atoms with Crippen LogP contribution in [-0.2, 0) is 4.74 Å². The van der Waals surface area contributed by atoms with Crippen molar-refractivity contribution in [1.82, 2.24) is 0 Å². The van der Waals surface area contributed by atoms with Gasteiger partial charge in [-0.3, -0.25) is 0 Å². The molecular weight excluding hydrogens is 204 g/mol. The fourth-order valence-electron chi connectivity index (χ4n) is 1.74. The van der Waals surface area contributed by atoms with Crippen molar-refractivity contribution in [3.63, 3.8) is 0 Å². The van der Waals surface area contributed by atoms with Crippen LogP contribution in [0.25, 0.3) is 0 Å². The fraction of sp³-hybridized carbons (Fsp3) is 0.417. The van der Waals surface area contributed by atoms with Gasteiger partial charge in [0.15, 0.2) is 5.90 Å². The molecule has 2 rings (SSSR count).